The second kappa shape index (κ2) is 5.20. The van der Waals surface area contributed by atoms with E-state index in [4.69, 9.17) is 0 Å². The van der Waals surface area contributed by atoms with Gasteiger partial charge in [-0.2, -0.15) is 0 Å². The second-order valence-corrected chi connectivity index (χ2v) is 6.83. The monoisotopic (exact) mass is 267 g/mol. The molecule has 0 spiro atoms. The zero-order chi connectivity index (χ0) is 14.1. The maximum absolute atomic E-state index is 13.8. The van der Waals surface area contributed by atoms with Crippen LogP contribution in [0.3, 0.4) is 0 Å². The summed E-state index contributed by atoms with van der Waals surface area (Å²) in [5, 5.41) is 3.48. The Bertz CT molecular complexity index is 424. The van der Waals surface area contributed by atoms with E-state index < -0.39 is 11.6 Å². The van der Waals surface area contributed by atoms with E-state index in [2.05, 4.69) is 26.1 Å². The third-order valence-corrected chi connectivity index (χ3v) is 4.02. The summed E-state index contributed by atoms with van der Waals surface area (Å²) in [5.74, 6) is -0.830. The number of rotatable bonds is 4. The molecule has 1 aliphatic rings. The van der Waals surface area contributed by atoms with Crippen LogP contribution in [0.15, 0.2) is 18.2 Å². The van der Waals surface area contributed by atoms with Crippen LogP contribution >= 0.6 is 0 Å². The molecule has 0 heterocycles. The molecule has 0 unspecified atom stereocenters. The van der Waals surface area contributed by atoms with E-state index in [0.29, 0.717) is 6.42 Å². The van der Waals surface area contributed by atoms with Crippen molar-refractivity contribution in [2.45, 2.75) is 52.0 Å². The summed E-state index contributed by atoms with van der Waals surface area (Å²) in [6.07, 6.45) is 3.74. The average Bonchev–Trinajstić information content (AvgIpc) is 2.24. The third kappa shape index (κ3) is 3.53. The van der Waals surface area contributed by atoms with E-state index in [1.54, 1.807) is 0 Å². The Morgan fingerprint density at radius 2 is 1.74 bits per heavy atom. The zero-order valence-electron chi connectivity index (χ0n) is 12.0. The highest BCUT2D eigenvalue weighted by Crippen LogP contribution is 2.44. The van der Waals surface area contributed by atoms with E-state index in [1.807, 2.05) is 0 Å². The fraction of sp³-hybridized carbons (Fsp3) is 0.625. The Kier molecular flexibility index (Phi) is 3.95. The molecule has 1 aromatic carbocycles. The smallest absolute Gasteiger partial charge is 0.129 e. The summed E-state index contributed by atoms with van der Waals surface area (Å²) in [6, 6.07) is 4.12. The fourth-order valence-electron chi connectivity index (χ4n) is 2.62. The molecule has 3 heteroatoms. The van der Waals surface area contributed by atoms with Crippen LogP contribution in [0.5, 0.6) is 0 Å². The lowest BCUT2D eigenvalue weighted by atomic mass is 9.65. The van der Waals surface area contributed by atoms with Gasteiger partial charge in [-0.05, 0) is 57.6 Å². The lowest BCUT2D eigenvalue weighted by molar-refractivity contribution is 0.115. The predicted molar refractivity (Wildman–Crippen MR) is 74.1 cm³/mol. The third-order valence-electron chi connectivity index (χ3n) is 4.02. The molecule has 0 atom stereocenters. The zero-order valence-corrected chi connectivity index (χ0v) is 12.0. The molecule has 0 saturated heterocycles. The lowest BCUT2D eigenvalue weighted by Gasteiger charge is -2.44. The van der Waals surface area contributed by atoms with Crippen molar-refractivity contribution < 1.29 is 8.78 Å². The van der Waals surface area contributed by atoms with E-state index in [9.17, 15) is 8.78 Å². The van der Waals surface area contributed by atoms with Crippen molar-refractivity contribution >= 4 is 0 Å². The van der Waals surface area contributed by atoms with Crippen LogP contribution in [0.25, 0.3) is 0 Å². The van der Waals surface area contributed by atoms with Gasteiger partial charge in [0.2, 0.25) is 0 Å². The molecule has 0 amide bonds. The van der Waals surface area contributed by atoms with Gasteiger partial charge in [0.15, 0.2) is 0 Å². The fourth-order valence-corrected chi connectivity index (χ4v) is 2.62. The highest BCUT2D eigenvalue weighted by molar-refractivity contribution is 5.22. The number of hydrogen-bond acceptors (Lipinski definition) is 1. The van der Waals surface area contributed by atoms with Gasteiger partial charge in [0.05, 0.1) is 0 Å². The van der Waals surface area contributed by atoms with Crippen LogP contribution < -0.4 is 5.32 Å². The van der Waals surface area contributed by atoms with Gasteiger partial charge in [-0.15, -0.1) is 0 Å². The molecule has 1 fully saturated rings. The van der Waals surface area contributed by atoms with E-state index in [1.165, 1.54) is 18.2 Å². The van der Waals surface area contributed by atoms with Gasteiger partial charge < -0.3 is 5.32 Å². The Morgan fingerprint density at radius 3 is 2.16 bits per heavy atom. The summed E-state index contributed by atoms with van der Waals surface area (Å²) in [7, 11) is 0. The minimum atomic E-state index is -0.415. The van der Waals surface area contributed by atoms with Crippen LogP contribution in [0.2, 0.25) is 0 Å². The normalized spacial score (nSPS) is 18.2. The maximum atomic E-state index is 13.8. The number of nitrogens with one attached hydrogen (secondary N) is 1. The Balaban J connectivity index is 2.10. The van der Waals surface area contributed by atoms with Crippen LogP contribution in [-0.4, -0.2) is 12.1 Å². The Labute approximate surface area is 114 Å². The van der Waals surface area contributed by atoms with Crippen LogP contribution in [0, 0.1) is 17.0 Å². The number of hydrogen-bond donors (Lipinski definition) is 1. The summed E-state index contributed by atoms with van der Waals surface area (Å²) >= 11 is 0. The van der Waals surface area contributed by atoms with Gasteiger partial charge in [0.1, 0.15) is 11.6 Å². The van der Waals surface area contributed by atoms with Crippen LogP contribution in [0.4, 0.5) is 8.78 Å². The molecule has 1 aromatic rings. The average molecular weight is 267 g/mol. The van der Waals surface area contributed by atoms with Crippen molar-refractivity contribution in [3.8, 4) is 0 Å². The van der Waals surface area contributed by atoms with Gasteiger partial charge in [-0.3, -0.25) is 0 Å². The minimum Gasteiger partial charge on any atom is -0.312 e. The molecule has 0 aromatic heterocycles. The summed E-state index contributed by atoms with van der Waals surface area (Å²) < 4.78 is 27.5. The molecule has 1 saturated carbocycles. The Hall–Kier alpha value is -0.960. The first-order chi connectivity index (χ1) is 8.81. The predicted octanol–water partition coefficient (Wildman–Crippen LogP) is 4.07. The molecule has 1 N–H and O–H groups in total. The van der Waals surface area contributed by atoms with E-state index in [0.717, 1.165) is 25.8 Å². The minimum absolute atomic E-state index is 0.0241. The number of benzene rings is 1. The largest absolute Gasteiger partial charge is 0.312 e. The van der Waals surface area contributed by atoms with E-state index in [-0.39, 0.29) is 16.5 Å². The molecule has 0 aliphatic heterocycles. The first kappa shape index (κ1) is 14.4. The van der Waals surface area contributed by atoms with Gasteiger partial charge in [-0.1, -0.05) is 12.5 Å². The molecule has 0 radical (unpaired) electrons. The highest BCUT2D eigenvalue weighted by atomic mass is 19.1. The first-order valence-electron chi connectivity index (χ1n) is 6.99. The van der Waals surface area contributed by atoms with Gasteiger partial charge in [0.25, 0.3) is 0 Å². The maximum Gasteiger partial charge on any atom is 0.129 e. The Morgan fingerprint density at radius 1 is 1.16 bits per heavy atom. The van der Waals surface area contributed by atoms with Crippen molar-refractivity contribution in [3.63, 3.8) is 0 Å². The van der Waals surface area contributed by atoms with Crippen molar-refractivity contribution in [1.82, 2.24) is 5.32 Å². The lowest BCUT2D eigenvalue weighted by Crippen LogP contribution is -2.48. The molecule has 19 heavy (non-hydrogen) atoms. The van der Waals surface area contributed by atoms with Gasteiger partial charge >= 0.3 is 0 Å². The molecular weight excluding hydrogens is 244 g/mol. The first-order valence-corrected chi connectivity index (χ1v) is 6.99. The highest BCUT2D eigenvalue weighted by Gasteiger charge is 2.38. The SMILES string of the molecule is CC(C)(C)NCC1(Cc2c(F)cccc2F)CCC1. The molecule has 1 aliphatic carbocycles. The topological polar surface area (TPSA) is 12.0 Å². The standard InChI is InChI=1S/C16H23F2N/c1-15(2,3)19-11-16(8-5-9-16)10-12-13(17)6-4-7-14(12)18/h4,6-7,19H,5,8-11H2,1-3H3. The second-order valence-electron chi connectivity index (χ2n) is 6.83. The quantitative estimate of drug-likeness (QED) is 0.867. The molecule has 106 valence electrons. The molecular formula is C16H23F2N. The summed E-state index contributed by atoms with van der Waals surface area (Å²) in [4.78, 5) is 0. The van der Waals surface area contributed by atoms with Crippen molar-refractivity contribution in [2.75, 3.05) is 6.54 Å². The summed E-state index contributed by atoms with van der Waals surface area (Å²) in [6.45, 7) is 7.17. The molecule has 1 nitrogen and oxygen atoms in total. The molecule has 0 bridgehead atoms. The van der Waals surface area contributed by atoms with Gasteiger partial charge in [0, 0.05) is 17.6 Å². The van der Waals surface area contributed by atoms with Gasteiger partial charge in [-0.25, -0.2) is 8.78 Å². The van der Waals surface area contributed by atoms with Crippen molar-refractivity contribution in [3.05, 3.63) is 35.4 Å². The van der Waals surface area contributed by atoms with Crippen molar-refractivity contribution in [1.29, 1.82) is 0 Å². The molecule has 2 rings (SSSR count). The van der Waals surface area contributed by atoms with Crippen molar-refractivity contribution in [2.24, 2.45) is 5.41 Å². The van der Waals surface area contributed by atoms with E-state index >= 15 is 0 Å². The van der Waals surface area contributed by atoms with Crippen LogP contribution in [-0.2, 0) is 6.42 Å². The van der Waals surface area contributed by atoms with Crippen LogP contribution in [0.1, 0.15) is 45.6 Å². The summed E-state index contributed by atoms with van der Waals surface area (Å²) in [5.41, 5.74) is 0.310. The number of halogens is 2.